The van der Waals surface area contributed by atoms with Crippen molar-refractivity contribution in [3.05, 3.63) is 11.3 Å². The molecular weight excluding hydrogens is 204 g/mol. The highest BCUT2D eigenvalue weighted by atomic mass is 16.5. The maximum absolute atomic E-state index is 5.55. The van der Waals surface area contributed by atoms with Crippen LogP contribution in [-0.4, -0.2) is 29.7 Å². The van der Waals surface area contributed by atoms with E-state index in [9.17, 15) is 0 Å². The molecule has 5 heteroatoms. The Bertz CT molecular complexity index is 380. The highest BCUT2D eigenvalue weighted by Gasteiger charge is 2.20. The standard InChI is InChI=1S/C11H18N4O/c1-7(6-12)13-11-14-9-5-3-4-8(9)10(15-11)16-2/h7H,3-6,12H2,1-2H3,(H,13,14,15). The van der Waals surface area contributed by atoms with Gasteiger partial charge in [0.1, 0.15) is 0 Å². The zero-order chi connectivity index (χ0) is 11.5. The molecule has 1 aromatic heterocycles. The maximum Gasteiger partial charge on any atom is 0.226 e. The number of ether oxygens (including phenoxy) is 1. The first-order valence-electron chi connectivity index (χ1n) is 5.65. The summed E-state index contributed by atoms with van der Waals surface area (Å²) in [5.74, 6) is 1.32. The molecule has 0 fully saturated rings. The van der Waals surface area contributed by atoms with Crippen LogP contribution >= 0.6 is 0 Å². The summed E-state index contributed by atoms with van der Waals surface area (Å²) < 4.78 is 5.29. The summed E-state index contributed by atoms with van der Waals surface area (Å²) in [5, 5.41) is 3.17. The number of hydrogen-bond acceptors (Lipinski definition) is 5. The molecule has 5 nitrogen and oxygen atoms in total. The Labute approximate surface area is 95.4 Å². The molecule has 0 spiro atoms. The second-order valence-corrected chi connectivity index (χ2v) is 4.12. The first-order chi connectivity index (χ1) is 7.74. The largest absolute Gasteiger partial charge is 0.481 e. The van der Waals surface area contributed by atoms with Crippen molar-refractivity contribution in [1.29, 1.82) is 0 Å². The number of nitrogens with one attached hydrogen (secondary N) is 1. The fraction of sp³-hybridized carbons (Fsp3) is 0.636. The molecule has 0 radical (unpaired) electrons. The summed E-state index contributed by atoms with van der Waals surface area (Å²) in [4.78, 5) is 8.84. The number of rotatable bonds is 4. The molecule has 1 aromatic rings. The lowest BCUT2D eigenvalue weighted by atomic mass is 10.2. The minimum Gasteiger partial charge on any atom is -0.481 e. The van der Waals surface area contributed by atoms with Crippen LogP contribution < -0.4 is 15.8 Å². The predicted octanol–water partition coefficient (Wildman–Crippen LogP) is 0.733. The summed E-state index contributed by atoms with van der Waals surface area (Å²) in [6.07, 6.45) is 3.17. The van der Waals surface area contributed by atoms with E-state index in [4.69, 9.17) is 10.5 Å². The van der Waals surface area contributed by atoms with Gasteiger partial charge in [-0.05, 0) is 26.2 Å². The normalized spacial score (nSPS) is 15.7. The predicted molar refractivity (Wildman–Crippen MR) is 62.7 cm³/mol. The molecule has 3 N–H and O–H groups in total. The van der Waals surface area contributed by atoms with Crippen LogP contribution in [0, 0.1) is 0 Å². The number of fused-ring (bicyclic) bond motifs is 1. The third kappa shape index (κ3) is 2.09. The van der Waals surface area contributed by atoms with Crippen LogP contribution in [0.3, 0.4) is 0 Å². The summed E-state index contributed by atoms with van der Waals surface area (Å²) in [6, 6.07) is 0.171. The van der Waals surface area contributed by atoms with Crippen molar-refractivity contribution in [2.75, 3.05) is 19.0 Å². The Morgan fingerprint density at radius 2 is 2.25 bits per heavy atom. The number of aryl methyl sites for hydroxylation is 1. The number of hydrogen-bond donors (Lipinski definition) is 2. The van der Waals surface area contributed by atoms with Crippen LogP contribution in [0.1, 0.15) is 24.6 Å². The van der Waals surface area contributed by atoms with Crippen molar-refractivity contribution in [2.24, 2.45) is 5.73 Å². The number of nitrogens with two attached hydrogens (primary N) is 1. The molecule has 1 heterocycles. The lowest BCUT2D eigenvalue weighted by Crippen LogP contribution is -2.26. The molecular formula is C11H18N4O. The van der Waals surface area contributed by atoms with Crippen LogP contribution in [0.5, 0.6) is 5.88 Å². The summed E-state index contributed by atoms with van der Waals surface area (Å²) >= 11 is 0. The molecule has 0 bridgehead atoms. The van der Waals surface area contributed by atoms with Crippen LogP contribution in [0.25, 0.3) is 0 Å². The monoisotopic (exact) mass is 222 g/mol. The van der Waals surface area contributed by atoms with Gasteiger partial charge in [0.15, 0.2) is 0 Å². The van der Waals surface area contributed by atoms with Crippen molar-refractivity contribution >= 4 is 5.95 Å². The van der Waals surface area contributed by atoms with Gasteiger partial charge in [-0.1, -0.05) is 0 Å². The van der Waals surface area contributed by atoms with E-state index < -0.39 is 0 Å². The summed E-state index contributed by atoms with van der Waals surface area (Å²) in [6.45, 7) is 2.56. The van der Waals surface area contributed by atoms with Gasteiger partial charge in [-0.25, -0.2) is 4.98 Å². The Balaban J connectivity index is 2.27. The van der Waals surface area contributed by atoms with Crippen LogP contribution in [0.15, 0.2) is 0 Å². The molecule has 0 amide bonds. The highest BCUT2D eigenvalue weighted by molar-refractivity contribution is 5.41. The summed E-state index contributed by atoms with van der Waals surface area (Å²) in [5.41, 5.74) is 7.82. The van der Waals surface area contributed by atoms with Crippen molar-refractivity contribution in [1.82, 2.24) is 9.97 Å². The van der Waals surface area contributed by atoms with Gasteiger partial charge < -0.3 is 15.8 Å². The van der Waals surface area contributed by atoms with E-state index in [1.807, 2.05) is 6.92 Å². The molecule has 0 aliphatic heterocycles. The first-order valence-corrected chi connectivity index (χ1v) is 5.65. The second kappa shape index (κ2) is 4.65. The van der Waals surface area contributed by atoms with Gasteiger partial charge >= 0.3 is 0 Å². The minimum atomic E-state index is 0.171. The van der Waals surface area contributed by atoms with Gasteiger partial charge in [-0.15, -0.1) is 0 Å². The smallest absolute Gasteiger partial charge is 0.226 e. The van der Waals surface area contributed by atoms with Crippen LogP contribution in [-0.2, 0) is 12.8 Å². The minimum absolute atomic E-state index is 0.171. The fourth-order valence-corrected chi connectivity index (χ4v) is 1.91. The van der Waals surface area contributed by atoms with E-state index in [-0.39, 0.29) is 6.04 Å². The molecule has 88 valence electrons. The average Bonchev–Trinajstić information content (AvgIpc) is 2.75. The zero-order valence-electron chi connectivity index (χ0n) is 9.79. The first kappa shape index (κ1) is 11.1. The number of nitrogens with zero attached hydrogens (tertiary/aromatic N) is 2. The van der Waals surface area contributed by atoms with E-state index in [0.29, 0.717) is 18.4 Å². The summed E-state index contributed by atoms with van der Waals surface area (Å²) in [7, 11) is 1.65. The molecule has 1 unspecified atom stereocenters. The van der Waals surface area contributed by atoms with Gasteiger partial charge in [0.05, 0.1) is 12.8 Å². The number of aromatic nitrogens is 2. The van der Waals surface area contributed by atoms with Crippen LogP contribution in [0.2, 0.25) is 0 Å². The molecule has 1 aliphatic carbocycles. The molecule has 0 aromatic carbocycles. The molecule has 1 atom stereocenters. The van der Waals surface area contributed by atoms with Gasteiger partial charge in [0.25, 0.3) is 0 Å². The molecule has 1 aliphatic rings. The molecule has 16 heavy (non-hydrogen) atoms. The van der Waals surface area contributed by atoms with Gasteiger partial charge in [-0.2, -0.15) is 4.98 Å². The van der Waals surface area contributed by atoms with Crippen LogP contribution in [0.4, 0.5) is 5.95 Å². The van der Waals surface area contributed by atoms with E-state index in [2.05, 4.69) is 15.3 Å². The average molecular weight is 222 g/mol. The Hall–Kier alpha value is -1.36. The van der Waals surface area contributed by atoms with Gasteiger partial charge in [-0.3, -0.25) is 0 Å². The lowest BCUT2D eigenvalue weighted by Gasteiger charge is -2.13. The van der Waals surface area contributed by atoms with Crippen molar-refractivity contribution < 1.29 is 4.74 Å². The van der Waals surface area contributed by atoms with E-state index >= 15 is 0 Å². The second-order valence-electron chi connectivity index (χ2n) is 4.12. The molecule has 2 rings (SSSR count). The number of methoxy groups -OCH3 is 1. The van der Waals surface area contributed by atoms with Crippen molar-refractivity contribution in [3.63, 3.8) is 0 Å². The molecule has 0 saturated heterocycles. The van der Waals surface area contributed by atoms with Crippen molar-refractivity contribution in [2.45, 2.75) is 32.2 Å². The van der Waals surface area contributed by atoms with Gasteiger partial charge in [0.2, 0.25) is 11.8 Å². The third-order valence-electron chi connectivity index (χ3n) is 2.82. The van der Waals surface area contributed by atoms with Gasteiger partial charge in [0, 0.05) is 18.2 Å². The number of anilines is 1. The van der Waals surface area contributed by atoms with Crippen molar-refractivity contribution in [3.8, 4) is 5.88 Å². The molecule has 0 saturated carbocycles. The maximum atomic E-state index is 5.55. The van der Waals surface area contributed by atoms with E-state index in [1.54, 1.807) is 7.11 Å². The van der Waals surface area contributed by atoms with E-state index in [0.717, 1.165) is 30.5 Å². The Kier molecular flexibility index (Phi) is 3.24. The Morgan fingerprint density at radius 3 is 2.94 bits per heavy atom. The topological polar surface area (TPSA) is 73.1 Å². The van der Waals surface area contributed by atoms with E-state index in [1.165, 1.54) is 0 Å². The SMILES string of the molecule is COc1nc(NC(C)CN)nc2c1CCC2. The fourth-order valence-electron chi connectivity index (χ4n) is 1.91. The zero-order valence-corrected chi connectivity index (χ0v) is 9.79. The lowest BCUT2D eigenvalue weighted by molar-refractivity contribution is 0.392. The Morgan fingerprint density at radius 1 is 1.44 bits per heavy atom. The quantitative estimate of drug-likeness (QED) is 0.785. The third-order valence-corrected chi connectivity index (χ3v) is 2.82. The highest BCUT2D eigenvalue weighted by Crippen LogP contribution is 2.28.